The quantitative estimate of drug-likeness (QED) is 0.747. The number of carbonyl (C=O) groups is 1. The van der Waals surface area contributed by atoms with Gasteiger partial charge < -0.3 is 10.6 Å². The third-order valence-electron chi connectivity index (χ3n) is 3.51. The van der Waals surface area contributed by atoms with Crippen molar-refractivity contribution in [2.24, 2.45) is 7.05 Å². The minimum absolute atomic E-state index is 0.134. The second-order valence-corrected chi connectivity index (χ2v) is 6.92. The minimum Gasteiger partial charge on any atom is -0.353 e. The third kappa shape index (κ3) is 3.62. The first-order chi connectivity index (χ1) is 11.4. The van der Waals surface area contributed by atoms with Gasteiger partial charge in [0, 0.05) is 36.1 Å². The van der Waals surface area contributed by atoms with Crippen molar-refractivity contribution in [2.75, 3.05) is 5.32 Å². The largest absolute Gasteiger partial charge is 0.353 e. The highest BCUT2D eigenvalue weighted by Gasteiger charge is 2.26. The number of amides is 1. The van der Waals surface area contributed by atoms with E-state index in [0.717, 1.165) is 16.4 Å². The number of hydrogen-bond donors (Lipinski definition) is 2. The second kappa shape index (κ2) is 6.45. The van der Waals surface area contributed by atoms with Crippen molar-refractivity contribution in [3.8, 4) is 0 Å². The summed E-state index contributed by atoms with van der Waals surface area (Å²) in [5.41, 5.74) is 1.78. The molecule has 0 radical (unpaired) electrons. The van der Waals surface area contributed by atoms with Gasteiger partial charge in [-0.05, 0) is 32.0 Å². The Morgan fingerprint density at radius 1 is 1.29 bits per heavy atom. The van der Waals surface area contributed by atoms with Gasteiger partial charge >= 0.3 is 0 Å². The Labute approximate surface area is 144 Å². The summed E-state index contributed by atoms with van der Waals surface area (Å²) in [6, 6.07) is 7.38. The Morgan fingerprint density at radius 2 is 2.12 bits per heavy atom. The van der Waals surface area contributed by atoms with Gasteiger partial charge in [-0.2, -0.15) is 5.10 Å². The number of rotatable bonds is 5. The summed E-state index contributed by atoms with van der Waals surface area (Å²) in [6.45, 7) is 3.89. The third-order valence-corrected chi connectivity index (χ3v) is 4.61. The molecule has 24 heavy (non-hydrogen) atoms. The fourth-order valence-corrected chi connectivity index (χ4v) is 3.05. The van der Waals surface area contributed by atoms with E-state index in [4.69, 9.17) is 0 Å². The molecule has 7 heteroatoms. The first-order valence-electron chi connectivity index (χ1n) is 7.52. The highest BCUT2D eigenvalue weighted by atomic mass is 32.1. The molecule has 0 saturated carbocycles. The van der Waals surface area contributed by atoms with Gasteiger partial charge in [-0.25, -0.2) is 4.98 Å². The van der Waals surface area contributed by atoms with Crippen molar-refractivity contribution in [1.29, 1.82) is 0 Å². The average Bonchev–Trinajstić information content (AvgIpc) is 3.19. The van der Waals surface area contributed by atoms with Crippen molar-refractivity contribution in [2.45, 2.75) is 19.4 Å². The molecule has 1 aromatic carbocycles. The van der Waals surface area contributed by atoms with E-state index in [0.29, 0.717) is 5.56 Å². The maximum Gasteiger partial charge on any atom is 0.252 e. The molecule has 2 aromatic heterocycles. The number of anilines is 2. The van der Waals surface area contributed by atoms with Gasteiger partial charge in [0.25, 0.3) is 5.91 Å². The van der Waals surface area contributed by atoms with Crippen LogP contribution >= 0.6 is 11.3 Å². The predicted molar refractivity (Wildman–Crippen MR) is 95.5 cm³/mol. The molecule has 0 spiro atoms. The summed E-state index contributed by atoms with van der Waals surface area (Å²) in [5.74, 6) is -0.134. The number of thiazole rings is 1. The standard InChI is InChI=1S/C17H19N5OS/c1-17(2,16-18-7-8-24-16)21-15(23)12-5-4-6-13(9-12)20-14-10-19-22(3)11-14/h4-11,20H,1-3H3,(H,21,23). The number of nitrogens with one attached hydrogen (secondary N) is 2. The summed E-state index contributed by atoms with van der Waals surface area (Å²) in [4.78, 5) is 16.9. The van der Waals surface area contributed by atoms with E-state index < -0.39 is 5.54 Å². The second-order valence-electron chi connectivity index (χ2n) is 6.02. The van der Waals surface area contributed by atoms with Gasteiger partial charge in [0.05, 0.1) is 17.4 Å². The molecule has 3 aromatic rings. The Hall–Kier alpha value is -2.67. The topological polar surface area (TPSA) is 71.8 Å². The normalized spacial score (nSPS) is 11.3. The number of aromatic nitrogens is 3. The molecule has 0 unspecified atom stereocenters. The molecule has 124 valence electrons. The molecule has 0 aliphatic rings. The van der Waals surface area contributed by atoms with Crippen LogP contribution in [0.4, 0.5) is 11.4 Å². The van der Waals surface area contributed by atoms with Crippen LogP contribution < -0.4 is 10.6 Å². The summed E-state index contributed by atoms with van der Waals surface area (Å²) in [7, 11) is 1.86. The van der Waals surface area contributed by atoms with Crippen LogP contribution in [0.3, 0.4) is 0 Å². The monoisotopic (exact) mass is 341 g/mol. The zero-order chi connectivity index (χ0) is 17.2. The highest BCUT2D eigenvalue weighted by Crippen LogP contribution is 2.23. The Bertz CT molecular complexity index is 838. The van der Waals surface area contributed by atoms with E-state index in [1.807, 2.05) is 50.7 Å². The fourth-order valence-electron chi connectivity index (χ4n) is 2.33. The maximum atomic E-state index is 12.6. The predicted octanol–water partition coefficient (Wildman–Crippen LogP) is 3.29. The molecule has 0 atom stereocenters. The number of hydrogen-bond acceptors (Lipinski definition) is 5. The lowest BCUT2D eigenvalue weighted by Crippen LogP contribution is -2.40. The summed E-state index contributed by atoms with van der Waals surface area (Å²) < 4.78 is 1.72. The Kier molecular flexibility index (Phi) is 4.35. The van der Waals surface area contributed by atoms with Crippen molar-refractivity contribution < 1.29 is 4.79 Å². The number of aryl methyl sites for hydroxylation is 1. The molecule has 0 aliphatic carbocycles. The van der Waals surface area contributed by atoms with Crippen LogP contribution in [0.25, 0.3) is 0 Å². The number of benzene rings is 1. The van der Waals surface area contributed by atoms with Crippen molar-refractivity contribution in [3.05, 3.63) is 58.8 Å². The van der Waals surface area contributed by atoms with Gasteiger partial charge in [-0.1, -0.05) is 6.07 Å². The fraction of sp³-hybridized carbons (Fsp3) is 0.235. The van der Waals surface area contributed by atoms with E-state index in [1.165, 1.54) is 11.3 Å². The molecular weight excluding hydrogens is 322 g/mol. The zero-order valence-corrected chi connectivity index (χ0v) is 14.6. The van der Waals surface area contributed by atoms with Crippen molar-refractivity contribution >= 4 is 28.6 Å². The number of carbonyl (C=O) groups excluding carboxylic acids is 1. The molecule has 0 saturated heterocycles. The average molecular weight is 341 g/mol. The first kappa shape index (κ1) is 16.2. The van der Waals surface area contributed by atoms with Crippen LogP contribution in [0.1, 0.15) is 29.2 Å². The van der Waals surface area contributed by atoms with Gasteiger partial charge in [-0.3, -0.25) is 9.48 Å². The zero-order valence-electron chi connectivity index (χ0n) is 13.8. The van der Waals surface area contributed by atoms with Gasteiger partial charge in [0.2, 0.25) is 0 Å². The highest BCUT2D eigenvalue weighted by molar-refractivity contribution is 7.09. The van der Waals surface area contributed by atoms with E-state index in [2.05, 4.69) is 20.7 Å². The van der Waals surface area contributed by atoms with Crippen LogP contribution in [0.5, 0.6) is 0 Å². The van der Waals surface area contributed by atoms with Gasteiger partial charge in [0.15, 0.2) is 0 Å². The lowest BCUT2D eigenvalue weighted by molar-refractivity contribution is 0.0912. The number of nitrogens with zero attached hydrogens (tertiary/aromatic N) is 3. The van der Waals surface area contributed by atoms with Crippen LogP contribution in [0.15, 0.2) is 48.2 Å². The van der Waals surface area contributed by atoms with E-state index in [9.17, 15) is 4.79 Å². The first-order valence-corrected chi connectivity index (χ1v) is 8.40. The molecule has 2 N–H and O–H groups in total. The summed E-state index contributed by atoms with van der Waals surface area (Å²) in [6.07, 6.45) is 5.35. The van der Waals surface area contributed by atoms with Crippen LogP contribution in [-0.4, -0.2) is 20.7 Å². The molecular formula is C17H19N5OS. The van der Waals surface area contributed by atoms with Crippen LogP contribution in [0, 0.1) is 0 Å². The van der Waals surface area contributed by atoms with E-state index >= 15 is 0 Å². The maximum absolute atomic E-state index is 12.6. The minimum atomic E-state index is -0.516. The summed E-state index contributed by atoms with van der Waals surface area (Å²) >= 11 is 1.53. The molecule has 0 aliphatic heterocycles. The molecule has 3 rings (SSSR count). The van der Waals surface area contributed by atoms with Crippen molar-refractivity contribution in [3.63, 3.8) is 0 Å². The molecule has 1 amide bonds. The molecule has 6 nitrogen and oxygen atoms in total. The Balaban J connectivity index is 1.74. The molecule has 0 bridgehead atoms. The van der Waals surface area contributed by atoms with Gasteiger partial charge in [-0.15, -0.1) is 11.3 Å². The summed E-state index contributed by atoms with van der Waals surface area (Å²) in [5, 5.41) is 13.2. The van der Waals surface area contributed by atoms with Crippen molar-refractivity contribution in [1.82, 2.24) is 20.1 Å². The van der Waals surface area contributed by atoms with Crippen LogP contribution in [-0.2, 0) is 12.6 Å². The SMILES string of the molecule is Cn1cc(Nc2cccc(C(=O)NC(C)(C)c3nccs3)c2)cn1. The van der Waals surface area contributed by atoms with Crippen LogP contribution in [0.2, 0.25) is 0 Å². The Morgan fingerprint density at radius 3 is 2.79 bits per heavy atom. The smallest absolute Gasteiger partial charge is 0.252 e. The van der Waals surface area contributed by atoms with E-state index in [1.54, 1.807) is 23.1 Å². The lowest BCUT2D eigenvalue weighted by atomic mass is 10.1. The van der Waals surface area contributed by atoms with E-state index in [-0.39, 0.29) is 5.91 Å². The lowest BCUT2D eigenvalue weighted by Gasteiger charge is -2.24. The van der Waals surface area contributed by atoms with Gasteiger partial charge in [0.1, 0.15) is 5.01 Å². The molecule has 2 heterocycles. The molecule has 0 fully saturated rings.